The van der Waals surface area contributed by atoms with Crippen LogP contribution in [0.5, 0.6) is 0 Å². The van der Waals surface area contributed by atoms with Crippen LogP contribution in [0.25, 0.3) is 10.6 Å². The van der Waals surface area contributed by atoms with Gasteiger partial charge in [-0.3, -0.25) is 4.79 Å². The summed E-state index contributed by atoms with van der Waals surface area (Å²) in [5, 5.41) is 6.61. The molecule has 1 amide bonds. The van der Waals surface area contributed by atoms with Crippen LogP contribution in [-0.4, -0.2) is 42.5 Å². The number of benzene rings is 1. The second-order valence-electron chi connectivity index (χ2n) is 5.86. The molecule has 1 fully saturated rings. The maximum absolute atomic E-state index is 12.7. The van der Waals surface area contributed by atoms with Crippen LogP contribution >= 0.6 is 22.9 Å². The number of carbonyl (C=O) groups is 1. The van der Waals surface area contributed by atoms with Gasteiger partial charge in [0.25, 0.3) is 5.91 Å². The number of aromatic nitrogens is 1. The fraction of sp³-hybridized carbons (Fsp3) is 0.412. The first-order chi connectivity index (χ1) is 11.2. The minimum Gasteiger partial charge on any atom is -0.337 e. The Bertz CT molecular complexity index is 669. The summed E-state index contributed by atoms with van der Waals surface area (Å²) in [4.78, 5) is 19.1. The van der Waals surface area contributed by atoms with E-state index >= 15 is 0 Å². The van der Waals surface area contributed by atoms with Crippen molar-refractivity contribution in [3.8, 4) is 10.6 Å². The zero-order valence-electron chi connectivity index (χ0n) is 13.1. The van der Waals surface area contributed by atoms with Gasteiger partial charge in [-0.2, -0.15) is 0 Å². The van der Waals surface area contributed by atoms with E-state index in [2.05, 4.69) is 10.3 Å². The number of hydrogen-bond acceptors (Lipinski definition) is 4. The molecule has 122 valence electrons. The second-order valence-corrected chi connectivity index (χ2v) is 7.16. The highest BCUT2D eigenvalue weighted by atomic mass is 35.5. The van der Waals surface area contributed by atoms with Gasteiger partial charge < -0.3 is 10.2 Å². The maximum Gasteiger partial charge on any atom is 0.273 e. The fourth-order valence-electron chi connectivity index (χ4n) is 2.96. The largest absolute Gasteiger partial charge is 0.337 e. The topological polar surface area (TPSA) is 45.2 Å². The molecule has 0 aliphatic carbocycles. The third-order valence-corrected chi connectivity index (χ3v) is 5.26. The molecule has 4 nitrogen and oxygen atoms in total. The van der Waals surface area contributed by atoms with Gasteiger partial charge in [0, 0.05) is 29.1 Å². The van der Waals surface area contributed by atoms with Crippen molar-refractivity contribution in [2.75, 3.05) is 26.7 Å². The summed E-state index contributed by atoms with van der Waals surface area (Å²) in [6.07, 6.45) is 2.24. The summed E-state index contributed by atoms with van der Waals surface area (Å²) in [5.74, 6) is 0.578. The lowest BCUT2D eigenvalue weighted by Gasteiger charge is -2.32. The van der Waals surface area contributed by atoms with E-state index in [1.807, 2.05) is 41.6 Å². The Labute approximate surface area is 145 Å². The third-order valence-electron chi connectivity index (χ3n) is 4.11. The lowest BCUT2D eigenvalue weighted by Crippen LogP contribution is -2.42. The summed E-state index contributed by atoms with van der Waals surface area (Å²) in [7, 11) is 1.96. The minimum atomic E-state index is 0.0438. The number of nitrogens with one attached hydrogen (secondary N) is 1. The number of rotatable bonds is 4. The molecule has 1 aromatic carbocycles. The third kappa shape index (κ3) is 3.91. The molecule has 1 aromatic heterocycles. The van der Waals surface area contributed by atoms with E-state index in [9.17, 15) is 4.79 Å². The van der Waals surface area contributed by atoms with Crippen LogP contribution in [-0.2, 0) is 0 Å². The lowest BCUT2D eigenvalue weighted by molar-refractivity contribution is 0.0669. The van der Waals surface area contributed by atoms with Crippen molar-refractivity contribution < 1.29 is 4.79 Å². The van der Waals surface area contributed by atoms with Crippen LogP contribution in [0, 0.1) is 5.92 Å². The molecule has 1 aliphatic rings. The first kappa shape index (κ1) is 16.4. The Kier molecular flexibility index (Phi) is 5.30. The Morgan fingerprint density at radius 1 is 1.43 bits per heavy atom. The smallest absolute Gasteiger partial charge is 0.273 e. The molecule has 3 rings (SSSR count). The molecular formula is C17H20ClN3OS. The predicted octanol–water partition coefficient (Wildman–Crippen LogP) is 3.54. The van der Waals surface area contributed by atoms with E-state index in [-0.39, 0.29) is 5.91 Å². The van der Waals surface area contributed by atoms with Crippen LogP contribution in [0.3, 0.4) is 0 Å². The van der Waals surface area contributed by atoms with Gasteiger partial charge in [-0.1, -0.05) is 23.7 Å². The van der Waals surface area contributed by atoms with Crippen molar-refractivity contribution in [2.24, 2.45) is 5.92 Å². The number of hydrogen-bond donors (Lipinski definition) is 1. The monoisotopic (exact) mass is 349 g/mol. The summed E-state index contributed by atoms with van der Waals surface area (Å²) in [6.45, 7) is 2.59. The van der Waals surface area contributed by atoms with Gasteiger partial charge in [-0.05, 0) is 44.5 Å². The highest BCUT2D eigenvalue weighted by Gasteiger charge is 2.25. The van der Waals surface area contributed by atoms with Gasteiger partial charge in [-0.15, -0.1) is 11.3 Å². The SMILES string of the molecule is CNCC1CCCN(C(=O)c2csc(-c3ccc(Cl)cc3)n2)C1. The quantitative estimate of drug-likeness (QED) is 0.918. The van der Waals surface area contributed by atoms with E-state index in [0.29, 0.717) is 16.6 Å². The van der Waals surface area contributed by atoms with E-state index in [1.165, 1.54) is 17.8 Å². The zero-order valence-corrected chi connectivity index (χ0v) is 14.7. The first-order valence-electron chi connectivity index (χ1n) is 7.82. The fourth-order valence-corrected chi connectivity index (χ4v) is 3.89. The molecular weight excluding hydrogens is 330 g/mol. The molecule has 0 spiro atoms. The van der Waals surface area contributed by atoms with Gasteiger partial charge in [0.15, 0.2) is 0 Å². The Morgan fingerprint density at radius 2 is 2.22 bits per heavy atom. The molecule has 0 radical (unpaired) electrons. The predicted molar refractivity (Wildman–Crippen MR) is 95.1 cm³/mol. The van der Waals surface area contributed by atoms with E-state index in [1.54, 1.807) is 0 Å². The Morgan fingerprint density at radius 3 is 2.96 bits per heavy atom. The molecule has 0 saturated carbocycles. The van der Waals surface area contributed by atoms with E-state index < -0.39 is 0 Å². The molecule has 1 saturated heterocycles. The highest BCUT2D eigenvalue weighted by Crippen LogP contribution is 2.26. The molecule has 2 aromatic rings. The molecule has 1 unspecified atom stereocenters. The van der Waals surface area contributed by atoms with Crippen molar-refractivity contribution in [1.29, 1.82) is 0 Å². The van der Waals surface area contributed by atoms with Gasteiger partial charge >= 0.3 is 0 Å². The van der Waals surface area contributed by atoms with E-state index in [0.717, 1.165) is 36.6 Å². The van der Waals surface area contributed by atoms with Crippen LogP contribution in [0.2, 0.25) is 5.02 Å². The number of thiazole rings is 1. The lowest BCUT2D eigenvalue weighted by atomic mass is 9.98. The number of carbonyl (C=O) groups excluding carboxylic acids is 1. The summed E-state index contributed by atoms with van der Waals surface area (Å²) >= 11 is 7.41. The summed E-state index contributed by atoms with van der Waals surface area (Å²) in [6, 6.07) is 7.54. The van der Waals surface area contributed by atoms with Crippen molar-refractivity contribution in [1.82, 2.24) is 15.2 Å². The highest BCUT2D eigenvalue weighted by molar-refractivity contribution is 7.13. The summed E-state index contributed by atoms with van der Waals surface area (Å²) < 4.78 is 0. The number of halogens is 1. The molecule has 1 atom stereocenters. The van der Waals surface area contributed by atoms with Crippen LogP contribution in [0.15, 0.2) is 29.6 Å². The standard InChI is InChI=1S/C17H20ClN3OS/c1-19-9-12-3-2-8-21(10-12)17(22)15-11-23-16(20-15)13-4-6-14(18)7-5-13/h4-7,11-12,19H,2-3,8-10H2,1H3. The Hall–Kier alpha value is -1.43. The maximum atomic E-state index is 12.7. The number of likely N-dealkylation sites (tertiary alicyclic amines) is 1. The summed E-state index contributed by atoms with van der Waals surface area (Å²) in [5.41, 5.74) is 1.54. The number of nitrogens with zero attached hydrogens (tertiary/aromatic N) is 2. The van der Waals surface area contributed by atoms with Gasteiger partial charge in [-0.25, -0.2) is 4.98 Å². The average molecular weight is 350 g/mol. The van der Waals surface area contributed by atoms with Crippen LogP contribution in [0.1, 0.15) is 23.3 Å². The van der Waals surface area contributed by atoms with E-state index in [4.69, 9.17) is 11.6 Å². The van der Waals surface area contributed by atoms with Crippen molar-refractivity contribution in [3.63, 3.8) is 0 Å². The van der Waals surface area contributed by atoms with Gasteiger partial charge in [0.2, 0.25) is 0 Å². The zero-order chi connectivity index (χ0) is 16.2. The van der Waals surface area contributed by atoms with Crippen molar-refractivity contribution in [3.05, 3.63) is 40.4 Å². The van der Waals surface area contributed by atoms with Gasteiger partial charge in [0.05, 0.1) is 0 Å². The molecule has 23 heavy (non-hydrogen) atoms. The minimum absolute atomic E-state index is 0.0438. The van der Waals surface area contributed by atoms with Crippen LogP contribution in [0.4, 0.5) is 0 Å². The Balaban J connectivity index is 1.72. The molecule has 1 N–H and O–H groups in total. The number of piperidine rings is 1. The average Bonchev–Trinajstić information content (AvgIpc) is 3.05. The first-order valence-corrected chi connectivity index (χ1v) is 9.08. The molecule has 2 heterocycles. The molecule has 6 heteroatoms. The normalized spacial score (nSPS) is 18.2. The van der Waals surface area contributed by atoms with Crippen LogP contribution < -0.4 is 5.32 Å². The molecule has 1 aliphatic heterocycles. The van der Waals surface area contributed by atoms with Crippen molar-refractivity contribution >= 4 is 28.8 Å². The number of amides is 1. The molecule has 0 bridgehead atoms. The second kappa shape index (κ2) is 7.43. The van der Waals surface area contributed by atoms with Crippen molar-refractivity contribution in [2.45, 2.75) is 12.8 Å². The van der Waals surface area contributed by atoms with Gasteiger partial charge in [0.1, 0.15) is 10.7 Å².